The monoisotopic (exact) mass is 1530 g/mol. The van der Waals surface area contributed by atoms with Gasteiger partial charge in [0.2, 0.25) is 0 Å². The summed E-state index contributed by atoms with van der Waals surface area (Å²) >= 11 is 0. The lowest BCUT2D eigenvalue weighted by atomic mass is 9.94. The molecule has 8 aromatic heterocycles. The number of pyridine rings is 1. The van der Waals surface area contributed by atoms with Gasteiger partial charge in [0.05, 0.1) is 38.6 Å². The summed E-state index contributed by atoms with van der Waals surface area (Å²) in [5, 5.41) is 97.8. The van der Waals surface area contributed by atoms with E-state index in [4.69, 9.17) is 19.9 Å². The summed E-state index contributed by atoms with van der Waals surface area (Å²) in [5.74, 6) is 0. The molecule has 544 valence electrons. The van der Waals surface area contributed by atoms with Gasteiger partial charge in [-0.15, -0.1) is 0 Å². The molecule has 0 saturated heterocycles. The van der Waals surface area contributed by atoms with Gasteiger partial charge in [-0.05, 0) is 155 Å². The molecular weight excluding hydrogens is 1490 g/mol. The quantitative estimate of drug-likeness (QED) is 0.100. The number of para-hydroxylation sites is 3. The normalized spacial score (nSPS) is 11.3. The van der Waals surface area contributed by atoms with Gasteiger partial charge in [0, 0.05) is 60.9 Å². The van der Waals surface area contributed by atoms with Crippen LogP contribution in [-0.2, 0) is 0 Å². The Kier molecular flexibility index (Phi) is 16.0. The molecule has 0 amide bonds. The summed E-state index contributed by atoms with van der Waals surface area (Å²) < 4.78 is 0. The second-order valence-electron chi connectivity index (χ2n) is 28.2. The molecule has 120 heavy (non-hydrogen) atoms. The van der Waals surface area contributed by atoms with Gasteiger partial charge in [-0.3, -0.25) is 0 Å². The van der Waals surface area contributed by atoms with Crippen molar-refractivity contribution in [2.24, 2.45) is 0 Å². The number of benzene rings is 16. The summed E-state index contributed by atoms with van der Waals surface area (Å²) in [7, 11) is 0. The van der Waals surface area contributed by atoms with Gasteiger partial charge < -0.3 is 0 Å². The fourth-order valence-corrected chi connectivity index (χ4v) is 16.0. The van der Waals surface area contributed by atoms with Crippen LogP contribution >= 0.6 is 0 Å². The van der Waals surface area contributed by atoms with Crippen LogP contribution in [0.15, 0.2) is 249 Å². The molecule has 0 unspecified atom stereocenters. The Hall–Kier alpha value is -18.7. The van der Waals surface area contributed by atoms with Gasteiger partial charge in [-0.2, -0.15) is 42.1 Å². The summed E-state index contributed by atoms with van der Waals surface area (Å²) in [6.45, 7) is 0. The van der Waals surface area contributed by atoms with Crippen molar-refractivity contribution < 1.29 is 0 Å². The minimum absolute atomic E-state index is 0.00700. The molecule has 8 heterocycles. The second kappa shape index (κ2) is 27.6. The molecule has 0 saturated carbocycles. The van der Waals surface area contributed by atoms with E-state index in [1.54, 1.807) is 12.4 Å². The molecule has 0 N–H and O–H groups in total. The molecule has 0 spiro atoms. The van der Waals surface area contributed by atoms with E-state index in [0.717, 1.165) is 135 Å². The van der Waals surface area contributed by atoms with Gasteiger partial charge >= 0.3 is 0 Å². The molecule has 0 aliphatic rings. The van der Waals surface area contributed by atoms with E-state index >= 15 is 0 Å². The SMILES string of the molecule is N#Cc1nc2c3cc4ccccc4cc3c3cc4ccccc4cc3c2nc1C#N.N#Cc1nc2c3cc4ccccc4cc3c3cc4ccccc4nc3c2nc1C#N.N#Cc1nc2c3cc4ccccc4cc3c3nc4ccccc4nc3c2nc1C#N.N#Cc1nc2c3cc4ccccc4cc3c3nc4nccnc4nc3c2nc1C#N. The van der Waals surface area contributed by atoms with E-state index in [1.807, 2.05) is 206 Å². The Morgan fingerprint density at radius 3 is 0.625 bits per heavy atom. The van der Waals surface area contributed by atoms with Crippen molar-refractivity contribution in [2.75, 3.05) is 0 Å². The Bertz CT molecular complexity index is 7630. The van der Waals surface area contributed by atoms with Gasteiger partial charge in [-0.1, -0.05) is 152 Å². The van der Waals surface area contributed by atoms with E-state index in [0.29, 0.717) is 83.0 Å². The Balaban J connectivity index is 0.0000000990. The average molecular weight is 1530 g/mol. The number of nitrogens with zero attached hydrogens (tertiary/aromatic N) is 23. The zero-order valence-corrected chi connectivity index (χ0v) is 62.0. The average Bonchev–Trinajstić information content (AvgIpc) is 0.739. The lowest BCUT2D eigenvalue weighted by molar-refractivity contribution is 1.19. The number of nitriles is 8. The first-order valence-corrected chi connectivity index (χ1v) is 37.3. The Labute approximate surface area is 674 Å². The highest BCUT2D eigenvalue weighted by atomic mass is 15.0. The molecule has 0 atom stereocenters. The summed E-state index contributed by atoms with van der Waals surface area (Å²) in [6.07, 6.45) is 3.11. The third-order valence-corrected chi connectivity index (χ3v) is 21.5. The molecule has 0 aliphatic carbocycles. The maximum atomic E-state index is 9.50. The predicted octanol–water partition coefficient (Wildman–Crippen LogP) is 19.7. The topological polar surface area (TPSA) is 384 Å². The lowest BCUT2D eigenvalue weighted by Gasteiger charge is -2.12. The molecule has 23 nitrogen and oxygen atoms in total. The van der Waals surface area contributed by atoms with E-state index in [1.165, 1.54) is 0 Å². The van der Waals surface area contributed by atoms with Gasteiger partial charge in [-0.25, -0.2) is 74.8 Å². The van der Waals surface area contributed by atoms with Crippen LogP contribution in [0.4, 0.5) is 0 Å². The van der Waals surface area contributed by atoms with Crippen molar-refractivity contribution in [3.8, 4) is 48.6 Å². The third-order valence-electron chi connectivity index (χ3n) is 21.5. The standard InChI is InChI=1S/C26H12N4.C25H11N5.C24H10N6.C22H8N8/c27-13-23-24(14-28)30-26-22-12-18-8-4-2-6-16(18)10-20(22)19-9-15-5-1-3-7-17(15)11-21(19)25(26)29-23;26-12-21-22(13-27)30-25-23-19(11-16-7-3-4-8-20(16)28-23)17-9-14-5-1-2-6-15(14)10-18(17)24(25)29-21;25-11-19-20(12-26)30-24-22(29-19)16-10-14-6-2-1-5-13(14)9-15(16)21-23(24)28-18-8-4-3-7-17(18)27-21;23-9-15-16(10-24)28-19-17(27-15)13-7-11-3-1-2-4-12(11)8-14(13)18-20(19)30-22-21(29-18)25-5-6-26-22/h1-12H;1-11H;1-10H;1-8H. The van der Waals surface area contributed by atoms with Crippen molar-refractivity contribution >= 4 is 218 Å². The van der Waals surface area contributed by atoms with Crippen molar-refractivity contribution in [2.45, 2.75) is 0 Å². The maximum absolute atomic E-state index is 9.50. The van der Waals surface area contributed by atoms with Gasteiger partial charge in [0.1, 0.15) is 98.2 Å². The van der Waals surface area contributed by atoms with Crippen molar-refractivity contribution in [1.29, 1.82) is 42.1 Å². The number of rotatable bonds is 0. The molecular formula is C97H41N23. The van der Waals surface area contributed by atoms with Gasteiger partial charge in [0.15, 0.2) is 56.8 Å². The summed E-state index contributed by atoms with van der Waals surface area (Å²) in [4.78, 5) is 68.6. The molecule has 24 aromatic rings. The number of aromatic nitrogens is 15. The number of fused-ring (bicyclic) bond motifs is 32. The molecule has 24 rings (SSSR count). The van der Waals surface area contributed by atoms with Crippen LogP contribution < -0.4 is 0 Å². The first kappa shape index (κ1) is 69.3. The highest BCUT2D eigenvalue weighted by Gasteiger charge is 2.24. The van der Waals surface area contributed by atoms with Crippen LogP contribution in [0.1, 0.15) is 45.6 Å². The third kappa shape index (κ3) is 11.2. The minimum Gasteiger partial charge on any atom is -0.245 e. The van der Waals surface area contributed by atoms with Crippen LogP contribution in [0.25, 0.3) is 218 Å². The van der Waals surface area contributed by atoms with Gasteiger partial charge in [0.25, 0.3) is 0 Å². The molecule has 0 bridgehead atoms. The van der Waals surface area contributed by atoms with Crippen LogP contribution in [0.5, 0.6) is 0 Å². The maximum Gasteiger partial charge on any atom is 0.198 e. The molecule has 23 heteroatoms. The summed E-state index contributed by atoms with van der Waals surface area (Å²) in [5.41, 5.74) is 10.6. The predicted molar refractivity (Wildman–Crippen MR) is 461 cm³/mol. The smallest absolute Gasteiger partial charge is 0.198 e. The van der Waals surface area contributed by atoms with E-state index in [2.05, 4.69) is 134 Å². The molecule has 0 aliphatic heterocycles. The van der Waals surface area contributed by atoms with Crippen molar-refractivity contribution in [1.82, 2.24) is 74.8 Å². The Morgan fingerprint density at radius 2 is 0.325 bits per heavy atom. The number of hydrogen-bond donors (Lipinski definition) is 0. The first-order valence-electron chi connectivity index (χ1n) is 37.3. The fraction of sp³-hybridized carbons (Fsp3) is 0. The molecule has 0 radical (unpaired) electrons. The number of hydrogen-bond acceptors (Lipinski definition) is 23. The second-order valence-corrected chi connectivity index (χ2v) is 28.2. The van der Waals surface area contributed by atoms with Crippen LogP contribution in [0.3, 0.4) is 0 Å². The highest BCUT2D eigenvalue weighted by Crippen LogP contribution is 2.42. The van der Waals surface area contributed by atoms with Crippen LogP contribution in [0, 0.1) is 90.6 Å². The van der Waals surface area contributed by atoms with E-state index < -0.39 is 0 Å². The largest absolute Gasteiger partial charge is 0.245 e. The molecule has 0 fully saturated rings. The fourth-order valence-electron chi connectivity index (χ4n) is 16.0. The van der Waals surface area contributed by atoms with Crippen LogP contribution in [-0.4, -0.2) is 74.8 Å². The highest BCUT2D eigenvalue weighted by molar-refractivity contribution is 6.30. The van der Waals surface area contributed by atoms with E-state index in [-0.39, 0.29) is 45.6 Å². The van der Waals surface area contributed by atoms with Crippen LogP contribution in [0.2, 0.25) is 0 Å². The minimum atomic E-state index is -0.0486. The zero-order chi connectivity index (χ0) is 81.0. The first-order chi connectivity index (χ1) is 59.1. The zero-order valence-electron chi connectivity index (χ0n) is 62.0. The van der Waals surface area contributed by atoms with E-state index in [9.17, 15) is 42.1 Å². The summed E-state index contributed by atoms with van der Waals surface area (Å²) in [6, 6.07) is 94.9. The Morgan fingerprint density at radius 1 is 0.158 bits per heavy atom. The lowest BCUT2D eigenvalue weighted by Crippen LogP contribution is -2.00. The van der Waals surface area contributed by atoms with Crippen molar-refractivity contribution in [3.63, 3.8) is 0 Å². The van der Waals surface area contributed by atoms with Crippen molar-refractivity contribution in [3.05, 3.63) is 295 Å². The molecule has 16 aromatic carbocycles.